The molecule has 0 saturated carbocycles. The number of hydrogen-bond donors (Lipinski definition) is 1. The third kappa shape index (κ3) is 5.21. The smallest absolute Gasteiger partial charge is 0.119 e. The topological polar surface area (TPSA) is 30.5 Å². The summed E-state index contributed by atoms with van der Waals surface area (Å²) in [5, 5.41) is 3.30. The van der Waals surface area contributed by atoms with E-state index >= 15 is 0 Å². The number of ether oxygens (including phenoxy) is 2. The molecule has 0 aliphatic heterocycles. The zero-order valence-corrected chi connectivity index (χ0v) is 12.8. The van der Waals surface area contributed by atoms with Crippen molar-refractivity contribution in [3.05, 3.63) is 29.8 Å². The SMILES string of the molecule is CCOc1ccc(C(COC(C)(C)CC)NC)cc1. The molecule has 0 amide bonds. The molecule has 0 fully saturated rings. The first kappa shape index (κ1) is 16.0. The minimum Gasteiger partial charge on any atom is -0.494 e. The van der Waals surface area contributed by atoms with E-state index in [1.165, 1.54) is 5.56 Å². The van der Waals surface area contributed by atoms with Crippen LogP contribution in [-0.4, -0.2) is 25.9 Å². The second-order valence-electron chi connectivity index (χ2n) is 5.27. The predicted molar refractivity (Wildman–Crippen MR) is 79.7 cm³/mol. The summed E-state index contributed by atoms with van der Waals surface area (Å²) in [5.74, 6) is 0.913. The quantitative estimate of drug-likeness (QED) is 0.779. The molecule has 0 aliphatic carbocycles. The lowest BCUT2D eigenvalue weighted by atomic mass is 10.1. The van der Waals surface area contributed by atoms with Gasteiger partial charge in [-0.25, -0.2) is 0 Å². The molecule has 0 radical (unpaired) electrons. The molecule has 0 bridgehead atoms. The van der Waals surface area contributed by atoms with E-state index in [0.717, 1.165) is 12.2 Å². The van der Waals surface area contributed by atoms with Crippen molar-refractivity contribution in [3.63, 3.8) is 0 Å². The molecule has 1 atom stereocenters. The van der Waals surface area contributed by atoms with Crippen LogP contribution in [0, 0.1) is 0 Å². The molecule has 1 unspecified atom stereocenters. The Kier molecular flexibility index (Phi) is 6.32. The Morgan fingerprint density at radius 2 is 1.79 bits per heavy atom. The maximum Gasteiger partial charge on any atom is 0.119 e. The van der Waals surface area contributed by atoms with Gasteiger partial charge >= 0.3 is 0 Å². The normalized spacial score (nSPS) is 13.3. The summed E-state index contributed by atoms with van der Waals surface area (Å²) >= 11 is 0. The Hall–Kier alpha value is -1.06. The van der Waals surface area contributed by atoms with E-state index in [1.807, 2.05) is 26.1 Å². The van der Waals surface area contributed by atoms with E-state index in [1.54, 1.807) is 0 Å². The summed E-state index contributed by atoms with van der Waals surface area (Å²) in [4.78, 5) is 0. The lowest BCUT2D eigenvalue weighted by Gasteiger charge is -2.27. The van der Waals surface area contributed by atoms with Crippen molar-refractivity contribution in [3.8, 4) is 5.75 Å². The number of nitrogens with one attached hydrogen (secondary N) is 1. The van der Waals surface area contributed by atoms with Crippen LogP contribution in [0.15, 0.2) is 24.3 Å². The van der Waals surface area contributed by atoms with Crippen LogP contribution < -0.4 is 10.1 Å². The van der Waals surface area contributed by atoms with Crippen LogP contribution in [-0.2, 0) is 4.74 Å². The fourth-order valence-electron chi connectivity index (χ4n) is 1.72. The summed E-state index contributed by atoms with van der Waals surface area (Å²) < 4.78 is 11.4. The maximum absolute atomic E-state index is 5.97. The van der Waals surface area contributed by atoms with E-state index in [0.29, 0.717) is 13.2 Å². The molecular formula is C16H27NO2. The number of rotatable bonds is 8. The van der Waals surface area contributed by atoms with Gasteiger partial charge in [-0.15, -0.1) is 0 Å². The van der Waals surface area contributed by atoms with Crippen LogP contribution >= 0.6 is 0 Å². The van der Waals surface area contributed by atoms with E-state index in [-0.39, 0.29) is 11.6 Å². The van der Waals surface area contributed by atoms with Crippen molar-refractivity contribution < 1.29 is 9.47 Å². The molecule has 0 saturated heterocycles. The second-order valence-corrected chi connectivity index (χ2v) is 5.27. The minimum absolute atomic E-state index is 0.0691. The molecular weight excluding hydrogens is 238 g/mol. The lowest BCUT2D eigenvalue weighted by Crippen LogP contribution is -2.30. The second kappa shape index (κ2) is 7.51. The molecule has 3 heteroatoms. The lowest BCUT2D eigenvalue weighted by molar-refractivity contribution is -0.0300. The van der Waals surface area contributed by atoms with Crippen molar-refractivity contribution in [1.82, 2.24) is 5.32 Å². The molecule has 19 heavy (non-hydrogen) atoms. The maximum atomic E-state index is 5.97. The monoisotopic (exact) mass is 265 g/mol. The van der Waals surface area contributed by atoms with Crippen molar-refractivity contribution in [2.24, 2.45) is 0 Å². The van der Waals surface area contributed by atoms with Crippen LogP contribution in [0.1, 0.15) is 45.7 Å². The highest BCUT2D eigenvalue weighted by molar-refractivity contribution is 5.29. The van der Waals surface area contributed by atoms with E-state index in [9.17, 15) is 0 Å². The van der Waals surface area contributed by atoms with Crippen LogP contribution in [0.25, 0.3) is 0 Å². The van der Waals surface area contributed by atoms with Gasteiger partial charge in [0, 0.05) is 0 Å². The van der Waals surface area contributed by atoms with Crippen molar-refractivity contribution >= 4 is 0 Å². The van der Waals surface area contributed by atoms with Crippen molar-refractivity contribution in [1.29, 1.82) is 0 Å². The van der Waals surface area contributed by atoms with Crippen LogP contribution in [0.5, 0.6) is 5.75 Å². The van der Waals surface area contributed by atoms with E-state index < -0.39 is 0 Å². The predicted octanol–water partition coefficient (Wildman–Crippen LogP) is 3.55. The first-order chi connectivity index (χ1) is 9.02. The first-order valence-electron chi connectivity index (χ1n) is 7.06. The third-order valence-electron chi connectivity index (χ3n) is 3.43. The summed E-state index contributed by atoms with van der Waals surface area (Å²) in [6.45, 7) is 9.75. The third-order valence-corrected chi connectivity index (χ3v) is 3.43. The van der Waals surface area contributed by atoms with Gasteiger partial charge in [0.2, 0.25) is 0 Å². The van der Waals surface area contributed by atoms with Crippen molar-refractivity contribution in [2.45, 2.75) is 45.8 Å². The molecule has 0 aromatic heterocycles. The average Bonchev–Trinajstić information content (AvgIpc) is 2.41. The largest absolute Gasteiger partial charge is 0.494 e. The molecule has 1 aromatic rings. The molecule has 0 spiro atoms. The Morgan fingerprint density at radius 1 is 1.16 bits per heavy atom. The van der Waals surface area contributed by atoms with Crippen LogP contribution in [0.3, 0.4) is 0 Å². The zero-order valence-electron chi connectivity index (χ0n) is 12.8. The standard InChI is InChI=1S/C16H27NO2/c1-6-16(3,4)19-12-15(17-5)13-8-10-14(11-9-13)18-7-2/h8-11,15,17H,6-7,12H2,1-5H3. The molecule has 1 rings (SSSR count). The summed E-state index contributed by atoms with van der Waals surface area (Å²) in [7, 11) is 1.96. The van der Waals surface area contributed by atoms with Crippen LogP contribution in [0.4, 0.5) is 0 Å². The minimum atomic E-state index is -0.0691. The van der Waals surface area contributed by atoms with Crippen LogP contribution in [0.2, 0.25) is 0 Å². The zero-order chi connectivity index (χ0) is 14.3. The van der Waals surface area contributed by atoms with Gasteiger partial charge in [0.05, 0.1) is 24.9 Å². The molecule has 0 heterocycles. The van der Waals surface area contributed by atoms with Gasteiger partial charge in [0.15, 0.2) is 0 Å². The summed E-state index contributed by atoms with van der Waals surface area (Å²) in [6, 6.07) is 8.41. The molecule has 108 valence electrons. The molecule has 1 aromatic carbocycles. The molecule has 1 N–H and O–H groups in total. The highest BCUT2D eigenvalue weighted by Gasteiger charge is 2.18. The highest BCUT2D eigenvalue weighted by Crippen LogP contribution is 2.21. The average molecular weight is 265 g/mol. The summed E-state index contributed by atoms with van der Waals surface area (Å²) in [6.07, 6.45) is 1.01. The fraction of sp³-hybridized carbons (Fsp3) is 0.625. The van der Waals surface area contributed by atoms with Crippen molar-refractivity contribution in [2.75, 3.05) is 20.3 Å². The van der Waals surface area contributed by atoms with E-state index in [4.69, 9.17) is 9.47 Å². The van der Waals surface area contributed by atoms with Gasteiger partial charge in [0.1, 0.15) is 5.75 Å². The van der Waals surface area contributed by atoms with Gasteiger partial charge in [-0.1, -0.05) is 19.1 Å². The number of likely N-dealkylation sites (N-methyl/N-ethyl adjacent to an activating group) is 1. The molecule has 0 aliphatic rings. The highest BCUT2D eigenvalue weighted by atomic mass is 16.5. The fourth-order valence-corrected chi connectivity index (χ4v) is 1.72. The Morgan fingerprint density at radius 3 is 2.26 bits per heavy atom. The van der Waals surface area contributed by atoms with E-state index in [2.05, 4.69) is 38.2 Å². The summed E-state index contributed by atoms with van der Waals surface area (Å²) in [5.41, 5.74) is 1.15. The van der Waals surface area contributed by atoms with Gasteiger partial charge in [-0.3, -0.25) is 0 Å². The number of benzene rings is 1. The Bertz CT molecular complexity index is 360. The molecule has 3 nitrogen and oxygen atoms in total. The number of hydrogen-bond acceptors (Lipinski definition) is 3. The Balaban J connectivity index is 2.64. The van der Waals surface area contributed by atoms with Gasteiger partial charge in [0.25, 0.3) is 0 Å². The Labute approximate surface area is 117 Å². The first-order valence-corrected chi connectivity index (χ1v) is 7.06. The van der Waals surface area contributed by atoms with Gasteiger partial charge in [-0.05, 0) is 51.9 Å². The van der Waals surface area contributed by atoms with Gasteiger partial charge in [-0.2, -0.15) is 0 Å². The van der Waals surface area contributed by atoms with Gasteiger partial charge < -0.3 is 14.8 Å².